The SMILES string of the molecule is CCCCC(CN)NC(=O)CN1CSCC1=O. The summed E-state index contributed by atoms with van der Waals surface area (Å²) in [5, 5.41) is 2.88. The number of hydrogen-bond acceptors (Lipinski definition) is 4. The number of carbonyl (C=O) groups is 2. The molecule has 0 aromatic rings. The van der Waals surface area contributed by atoms with Crippen LogP contribution >= 0.6 is 11.8 Å². The predicted octanol–water partition coefficient (Wildman–Crippen LogP) is 0.153. The summed E-state index contributed by atoms with van der Waals surface area (Å²) in [6.07, 6.45) is 3.05. The molecule has 5 nitrogen and oxygen atoms in total. The Labute approximate surface area is 106 Å². The van der Waals surface area contributed by atoms with Gasteiger partial charge < -0.3 is 16.0 Å². The van der Waals surface area contributed by atoms with Gasteiger partial charge in [-0.1, -0.05) is 19.8 Å². The first kappa shape index (κ1) is 14.3. The molecule has 6 heteroatoms. The molecule has 0 spiro atoms. The molecule has 0 bridgehead atoms. The number of nitrogens with zero attached hydrogens (tertiary/aromatic N) is 1. The van der Waals surface area contributed by atoms with Crippen LogP contribution in [-0.2, 0) is 9.59 Å². The third-order valence-corrected chi connectivity index (χ3v) is 3.66. The molecule has 2 amide bonds. The van der Waals surface area contributed by atoms with E-state index in [0.29, 0.717) is 18.2 Å². The third-order valence-electron chi connectivity index (χ3n) is 2.72. The Balaban J connectivity index is 2.29. The van der Waals surface area contributed by atoms with Crippen molar-refractivity contribution in [3.63, 3.8) is 0 Å². The molecule has 3 N–H and O–H groups in total. The average Bonchev–Trinajstić information content (AvgIpc) is 2.70. The van der Waals surface area contributed by atoms with Crippen molar-refractivity contribution in [3.8, 4) is 0 Å². The van der Waals surface area contributed by atoms with E-state index in [1.54, 1.807) is 16.7 Å². The van der Waals surface area contributed by atoms with E-state index in [2.05, 4.69) is 12.2 Å². The van der Waals surface area contributed by atoms with Gasteiger partial charge in [0.15, 0.2) is 0 Å². The van der Waals surface area contributed by atoms with Crippen LogP contribution in [-0.4, -0.2) is 47.5 Å². The maximum atomic E-state index is 11.7. The molecule has 1 aliphatic heterocycles. The highest BCUT2D eigenvalue weighted by molar-refractivity contribution is 8.00. The number of thioether (sulfide) groups is 1. The van der Waals surface area contributed by atoms with E-state index < -0.39 is 0 Å². The van der Waals surface area contributed by atoms with E-state index >= 15 is 0 Å². The molecule has 1 atom stereocenters. The molecule has 0 saturated carbocycles. The maximum Gasteiger partial charge on any atom is 0.239 e. The van der Waals surface area contributed by atoms with Crippen LogP contribution in [0.25, 0.3) is 0 Å². The summed E-state index contributed by atoms with van der Waals surface area (Å²) in [5.74, 6) is 1.05. The molecular formula is C11H21N3O2S. The van der Waals surface area contributed by atoms with Gasteiger partial charge in [0.2, 0.25) is 11.8 Å². The van der Waals surface area contributed by atoms with Crippen molar-refractivity contribution in [3.05, 3.63) is 0 Å². The number of amides is 2. The molecule has 98 valence electrons. The van der Waals surface area contributed by atoms with E-state index in [9.17, 15) is 9.59 Å². The van der Waals surface area contributed by atoms with Gasteiger partial charge in [-0.15, -0.1) is 11.8 Å². The first-order valence-corrected chi connectivity index (χ1v) is 7.17. The smallest absolute Gasteiger partial charge is 0.239 e. The van der Waals surface area contributed by atoms with E-state index in [1.807, 2.05) is 0 Å². The van der Waals surface area contributed by atoms with Crippen LogP contribution in [0.15, 0.2) is 0 Å². The zero-order chi connectivity index (χ0) is 12.7. The Hall–Kier alpha value is -0.750. The highest BCUT2D eigenvalue weighted by Crippen LogP contribution is 2.14. The fourth-order valence-electron chi connectivity index (χ4n) is 1.69. The Morgan fingerprint density at radius 3 is 2.94 bits per heavy atom. The number of carbonyl (C=O) groups excluding carboxylic acids is 2. The molecular weight excluding hydrogens is 238 g/mol. The predicted molar refractivity (Wildman–Crippen MR) is 69.5 cm³/mol. The van der Waals surface area contributed by atoms with Crippen LogP contribution in [0.2, 0.25) is 0 Å². The van der Waals surface area contributed by atoms with Crippen LogP contribution in [0.5, 0.6) is 0 Å². The quantitative estimate of drug-likeness (QED) is 0.682. The molecule has 0 aromatic heterocycles. The molecule has 1 heterocycles. The number of unbranched alkanes of at least 4 members (excludes halogenated alkanes) is 1. The zero-order valence-corrected chi connectivity index (χ0v) is 11.1. The monoisotopic (exact) mass is 259 g/mol. The molecule has 0 radical (unpaired) electrons. The van der Waals surface area contributed by atoms with Crippen LogP contribution in [0.4, 0.5) is 0 Å². The van der Waals surface area contributed by atoms with Crippen molar-refractivity contribution < 1.29 is 9.59 Å². The van der Waals surface area contributed by atoms with Gasteiger partial charge in [0.25, 0.3) is 0 Å². The summed E-state index contributed by atoms with van der Waals surface area (Å²) in [6.45, 7) is 2.72. The molecule has 1 saturated heterocycles. The molecule has 0 aromatic carbocycles. The van der Waals surface area contributed by atoms with Gasteiger partial charge in [0.05, 0.1) is 11.6 Å². The Morgan fingerprint density at radius 1 is 1.65 bits per heavy atom. The van der Waals surface area contributed by atoms with Gasteiger partial charge in [0.1, 0.15) is 6.54 Å². The summed E-state index contributed by atoms with van der Waals surface area (Å²) in [6, 6.07) is 0.0350. The molecule has 1 rings (SSSR count). The molecule has 1 unspecified atom stereocenters. The normalized spacial score (nSPS) is 17.3. The zero-order valence-electron chi connectivity index (χ0n) is 10.3. The fourth-order valence-corrected chi connectivity index (χ4v) is 2.59. The minimum Gasteiger partial charge on any atom is -0.351 e. The van der Waals surface area contributed by atoms with E-state index in [0.717, 1.165) is 19.3 Å². The summed E-state index contributed by atoms with van der Waals surface area (Å²) in [7, 11) is 0. The minimum atomic E-state index is -0.104. The Morgan fingerprint density at radius 2 is 2.41 bits per heavy atom. The van der Waals surface area contributed by atoms with Crippen molar-refractivity contribution in [2.45, 2.75) is 32.2 Å². The van der Waals surface area contributed by atoms with Gasteiger partial charge in [0, 0.05) is 12.6 Å². The summed E-state index contributed by atoms with van der Waals surface area (Å²) in [5.41, 5.74) is 5.60. The Bertz CT molecular complexity index is 273. The Kier molecular flexibility index (Phi) is 6.36. The topological polar surface area (TPSA) is 75.4 Å². The number of nitrogens with two attached hydrogens (primary N) is 1. The number of hydrogen-bond donors (Lipinski definition) is 2. The maximum absolute atomic E-state index is 11.7. The summed E-state index contributed by atoms with van der Waals surface area (Å²) in [4.78, 5) is 24.6. The van der Waals surface area contributed by atoms with Crippen molar-refractivity contribution >= 4 is 23.6 Å². The second kappa shape index (κ2) is 7.55. The largest absolute Gasteiger partial charge is 0.351 e. The minimum absolute atomic E-state index is 0.0350. The van der Waals surface area contributed by atoms with Gasteiger partial charge in [-0.05, 0) is 6.42 Å². The second-order valence-electron chi connectivity index (χ2n) is 4.21. The van der Waals surface area contributed by atoms with Crippen LogP contribution in [0, 0.1) is 0 Å². The van der Waals surface area contributed by atoms with E-state index in [1.165, 1.54) is 0 Å². The molecule has 0 aliphatic carbocycles. The summed E-state index contributed by atoms with van der Waals surface area (Å²) < 4.78 is 0. The van der Waals surface area contributed by atoms with Crippen molar-refractivity contribution in [2.24, 2.45) is 5.73 Å². The lowest BCUT2D eigenvalue weighted by molar-refractivity contribution is -0.132. The third kappa shape index (κ3) is 4.95. The van der Waals surface area contributed by atoms with Gasteiger partial charge >= 0.3 is 0 Å². The van der Waals surface area contributed by atoms with Gasteiger partial charge in [-0.2, -0.15) is 0 Å². The lowest BCUT2D eigenvalue weighted by Gasteiger charge is -2.19. The summed E-state index contributed by atoms with van der Waals surface area (Å²) >= 11 is 1.54. The van der Waals surface area contributed by atoms with E-state index in [-0.39, 0.29) is 24.4 Å². The lowest BCUT2D eigenvalue weighted by Crippen LogP contribution is -2.45. The van der Waals surface area contributed by atoms with Crippen LogP contribution < -0.4 is 11.1 Å². The van der Waals surface area contributed by atoms with Crippen molar-refractivity contribution in [2.75, 3.05) is 24.7 Å². The van der Waals surface area contributed by atoms with Crippen molar-refractivity contribution in [1.82, 2.24) is 10.2 Å². The van der Waals surface area contributed by atoms with Crippen LogP contribution in [0.3, 0.4) is 0 Å². The highest BCUT2D eigenvalue weighted by Gasteiger charge is 2.23. The highest BCUT2D eigenvalue weighted by atomic mass is 32.2. The standard InChI is InChI=1S/C11H21N3O2S/c1-2-3-4-9(5-12)13-10(15)6-14-8-17-7-11(14)16/h9H,2-8,12H2,1H3,(H,13,15). The molecule has 17 heavy (non-hydrogen) atoms. The average molecular weight is 259 g/mol. The van der Waals surface area contributed by atoms with Gasteiger partial charge in [-0.3, -0.25) is 9.59 Å². The lowest BCUT2D eigenvalue weighted by atomic mass is 10.1. The number of rotatable bonds is 7. The van der Waals surface area contributed by atoms with Gasteiger partial charge in [-0.25, -0.2) is 0 Å². The first-order chi connectivity index (χ1) is 8.17. The van der Waals surface area contributed by atoms with E-state index in [4.69, 9.17) is 5.73 Å². The molecule has 1 fully saturated rings. The van der Waals surface area contributed by atoms with Crippen molar-refractivity contribution in [1.29, 1.82) is 0 Å². The fraction of sp³-hybridized carbons (Fsp3) is 0.818. The molecule has 1 aliphatic rings. The van der Waals surface area contributed by atoms with Crippen LogP contribution in [0.1, 0.15) is 26.2 Å². The second-order valence-corrected chi connectivity index (χ2v) is 5.17. The first-order valence-electron chi connectivity index (χ1n) is 6.02. The number of nitrogens with one attached hydrogen (secondary N) is 1.